The van der Waals surface area contributed by atoms with Crippen LogP contribution >= 0.6 is 7.52 Å². The molecule has 184 valence electrons. The molecule has 10 heteroatoms. The predicted octanol–water partition coefficient (Wildman–Crippen LogP) is 2.71. The topological polar surface area (TPSA) is 134 Å². The highest BCUT2D eigenvalue weighted by molar-refractivity contribution is 7.57. The second-order valence-electron chi connectivity index (χ2n) is 7.72. The van der Waals surface area contributed by atoms with Crippen molar-refractivity contribution in [2.24, 2.45) is 0 Å². The van der Waals surface area contributed by atoms with E-state index in [1.54, 1.807) is 0 Å². The molecule has 0 aliphatic rings. The first kappa shape index (κ1) is 27.2. The number of carbonyl (C=O) groups excluding carboxylic acids is 2. The van der Waals surface area contributed by atoms with Gasteiger partial charge in [-0.1, -0.05) is 60.7 Å². The van der Waals surface area contributed by atoms with Gasteiger partial charge in [0.2, 0.25) is 11.8 Å². The van der Waals surface area contributed by atoms with Crippen molar-refractivity contribution in [1.29, 1.82) is 0 Å². The Balaban J connectivity index is 1.98. The molecule has 34 heavy (non-hydrogen) atoms. The van der Waals surface area contributed by atoms with Crippen LogP contribution in [0, 0.1) is 0 Å². The van der Waals surface area contributed by atoms with E-state index >= 15 is 0 Å². The van der Waals surface area contributed by atoms with Crippen LogP contribution in [0.2, 0.25) is 0 Å². The van der Waals surface area contributed by atoms with E-state index in [4.69, 9.17) is 9.63 Å². The number of hydrogen-bond acceptors (Lipinski definition) is 5. The second-order valence-corrected chi connectivity index (χ2v) is 10.2. The maximum absolute atomic E-state index is 13.6. The minimum atomic E-state index is -3.68. The molecular formula is C24H32N3O6P. The molecule has 0 aliphatic heterocycles. The molecule has 0 radical (unpaired) electrons. The predicted molar refractivity (Wildman–Crippen MR) is 129 cm³/mol. The Kier molecular flexibility index (Phi) is 11.5. The first-order valence-corrected chi connectivity index (χ1v) is 12.8. The van der Waals surface area contributed by atoms with Gasteiger partial charge in [0.1, 0.15) is 5.78 Å². The molecule has 2 rings (SSSR count). The van der Waals surface area contributed by atoms with Gasteiger partial charge in [0.25, 0.3) is 7.52 Å². The normalized spacial score (nSPS) is 13.4. The molecule has 2 amide bonds. The van der Waals surface area contributed by atoms with Crippen molar-refractivity contribution in [3.63, 3.8) is 0 Å². The Morgan fingerprint density at radius 3 is 2.15 bits per heavy atom. The number of carboxylic acids is 1. The summed E-state index contributed by atoms with van der Waals surface area (Å²) < 4.78 is 18.9. The quantitative estimate of drug-likeness (QED) is 0.283. The van der Waals surface area contributed by atoms with E-state index < -0.39 is 25.2 Å². The average molecular weight is 490 g/mol. The highest BCUT2D eigenvalue weighted by Gasteiger charge is 2.35. The maximum atomic E-state index is 13.6. The Labute approximate surface area is 199 Å². The van der Waals surface area contributed by atoms with E-state index in [-0.39, 0.29) is 38.1 Å². The first-order valence-electron chi connectivity index (χ1n) is 11.1. The van der Waals surface area contributed by atoms with E-state index in [9.17, 15) is 18.9 Å². The molecule has 0 fully saturated rings. The number of hydrogen-bond donors (Lipinski definition) is 4. The molecule has 0 bridgehead atoms. The fourth-order valence-electron chi connectivity index (χ4n) is 3.29. The standard InChI is InChI=1S/C24H32N3O6P/c1-33-34(32,26-18-22(29)25-16-15-19-9-4-2-5-10-19)23(17-20-11-6-3-7-12-20)27-21(28)13-8-14-24(30)31/h2-7,9-12,23H,8,13-18H2,1H3,(H,25,29)(H,26,32)(H,27,28)(H,30,31). The van der Waals surface area contributed by atoms with Crippen molar-refractivity contribution in [2.45, 2.75) is 37.9 Å². The zero-order valence-corrected chi connectivity index (χ0v) is 20.1. The smallest absolute Gasteiger partial charge is 0.303 e. The molecule has 2 aromatic carbocycles. The summed E-state index contributed by atoms with van der Waals surface area (Å²) in [4.78, 5) is 35.4. The number of nitrogens with one attached hydrogen (secondary N) is 3. The number of benzene rings is 2. The summed E-state index contributed by atoms with van der Waals surface area (Å²) in [7, 11) is -2.42. The van der Waals surface area contributed by atoms with Gasteiger partial charge < -0.3 is 20.3 Å². The van der Waals surface area contributed by atoms with Crippen LogP contribution in [0.5, 0.6) is 0 Å². The summed E-state index contributed by atoms with van der Waals surface area (Å²) in [5.41, 5.74) is 1.91. The number of carbonyl (C=O) groups is 3. The summed E-state index contributed by atoms with van der Waals surface area (Å²) in [5, 5.41) is 17.0. The molecule has 0 saturated carbocycles. The molecule has 9 nitrogen and oxygen atoms in total. The maximum Gasteiger partial charge on any atom is 0.303 e. The van der Waals surface area contributed by atoms with Gasteiger partial charge in [0.05, 0.1) is 6.54 Å². The van der Waals surface area contributed by atoms with Crippen molar-refractivity contribution >= 4 is 25.3 Å². The van der Waals surface area contributed by atoms with Gasteiger partial charge in [-0.25, -0.2) is 5.09 Å². The highest BCUT2D eigenvalue weighted by atomic mass is 31.2. The summed E-state index contributed by atoms with van der Waals surface area (Å²) in [6, 6.07) is 18.9. The Hall–Kier alpha value is -3.00. The van der Waals surface area contributed by atoms with E-state index in [1.807, 2.05) is 60.7 Å². The van der Waals surface area contributed by atoms with Gasteiger partial charge in [-0.05, 0) is 24.0 Å². The minimum Gasteiger partial charge on any atom is -0.481 e. The van der Waals surface area contributed by atoms with Crippen LogP contribution in [0.15, 0.2) is 60.7 Å². The Morgan fingerprint density at radius 2 is 1.56 bits per heavy atom. The molecule has 2 unspecified atom stereocenters. The zero-order valence-electron chi connectivity index (χ0n) is 19.2. The molecule has 4 N–H and O–H groups in total. The van der Waals surface area contributed by atoms with Crippen LogP contribution in [0.1, 0.15) is 30.4 Å². The largest absolute Gasteiger partial charge is 0.481 e. The fourth-order valence-corrected chi connectivity index (χ4v) is 5.02. The third kappa shape index (κ3) is 9.87. The van der Waals surface area contributed by atoms with Crippen molar-refractivity contribution < 1.29 is 28.6 Å². The van der Waals surface area contributed by atoms with Crippen LogP contribution in [0.4, 0.5) is 0 Å². The Morgan fingerprint density at radius 1 is 0.941 bits per heavy atom. The monoisotopic (exact) mass is 489 g/mol. The van der Waals surface area contributed by atoms with E-state index in [1.165, 1.54) is 7.11 Å². The average Bonchev–Trinajstić information content (AvgIpc) is 2.83. The van der Waals surface area contributed by atoms with Crippen LogP contribution in [0.3, 0.4) is 0 Å². The van der Waals surface area contributed by atoms with Crippen molar-refractivity contribution in [3.05, 3.63) is 71.8 Å². The number of aliphatic carboxylic acids is 1. The molecule has 0 aliphatic carbocycles. The molecule has 0 saturated heterocycles. The van der Waals surface area contributed by atoms with Crippen molar-refractivity contribution in [3.8, 4) is 0 Å². The van der Waals surface area contributed by atoms with Crippen LogP contribution < -0.4 is 15.7 Å². The summed E-state index contributed by atoms with van der Waals surface area (Å²) in [5.74, 6) is -2.71. The second kappa shape index (κ2) is 14.3. The molecule has 0 spiro atoms. The third-order valence-electron chi connectivity index (χ3n) is 5.11. The van der Waals surface area contributed by atoms with E-state index in [0.717, 1.165) is 11.1 Å². The van der Waals surface area contributed by atoms with Crippen LogP contribution in [-0.2, 0) is 36.3 Å². The van der Waals surface area contributed by atoms with E-state index in [0.29, 0.717) is 13.0 Å². The molecule has 2 aromatic rings. The number of amides is 2. The molecule has 0 aromatic heterocycles. The van der Waals surface area contributed by atoms with Gasteiger partial charge in [-0.3, -0.25) is 18.9 Å². The van der Waals surface area contributed by atoms with Crippen molar-refractivity contribution in [2.75, 3.05) is 20.2 Å². The SMILES string of the molecule is COP(=O)(NCC(=O)NCCc1ccccc1)C(Cc1ccccc1)NC(=O)CCCC(=O)O. The number of carboxylic acid groups (broad SMARTS) is 1. The lowest BCUT2D eigenvalue weighted by Gasteiger charge is -2.27. The lowest BCUT2D eigenvalue weighted by atomic mass is 10.1. The molecule has 2 atom stereocenters. The summed E-state index contributed by atoms with van der Waals surface area (Å²) in [6.07, 6.45) is 0.867. The molecular weight excluding hydrogens is 457 g/mol. The lowest BCUT2D eigenvalue weighted by molar-refractivity contribution is -0.137. The van der Waals surface area contributed by atoms with Crippen molar-refractivity contribution in [1.82, 2.24) is 15.7 Å². The summed E-state index contributed by atoms with van der Waals surface area (Å²) >= 11 is 0. The first-order chi connectivity index (χ1) is 16.3. The lowest BCUT2D eigenvalue weighted by Crippen LogP contribution is -2.42. The van der Waals surface area contributed by atoms with Gasteiger partial charge in [0, 0.05) is 32.9 Å². The highest BCUT2D eigenvalue weighted by Crippen LogP contribution is 2.46. The van der Waals surface area contributed by atoms with Gasteiger partial charge >= 0.3 is 5.97 Å². The Bertz CT molecular complexity index is 971. The van der Waals surface area contributed by atoms with Gasteiger partial charge in [-0.15, -0.1) is 0 Å². The zero-order chi connectivity index (χ0) is 24.8. The third-order valence-corrected chi connectivity index (χ3v) is 7.39. The van der Waals surface area contributed by atoms with Gasteiger partial charge in [-0.2, -0.15) is 0 Å². The fraction of sp³-hybridized carbons (Fsp3) is 0.375. The van der Waals surface area contributed by atoms with Crippen LogP contribution in [-0.4, -0.2) is 48.9 Å². The van der Waals surface area contributed by atoms with E-state index in [2.05, 4.69) is 15.7 Å². The summed E-state index contributed by atoms with van der Waals surface area (Å²) in [6.45, 7) is 0.176. The molecule has 0 heterocycles. The van der Waals surface area contributed by atoms with Crippen LogP contribution in [0.25, 0.3) is 0 Å². The number of rotatable bonds is 15. The van der Waals surface area contributed by atoms with Gasteiger partial charge in [0.15, 0.2) is 0 Å². The minimum absolute atomic E-state index is 0.0265.